The molecule has 0 aliphatic carbocycles. The summed E-state index contributed by atoms with van der Waals surface area (Å²) in [6, 6.07) is 8.51. The van der Waals surface area contributed by atoms with Gasteiger partial charge in [0.15, 0.2) is 0 Å². The first kappa shape index (κ1) is 13.7. The Hall–Kier alpha value is -0.770. The number of hydrogen-bond acceptors (Lipinski definition) is 3. The molecule has 1 unspecified atom stereocenters. The van der Waals surface area contributed by atoms with Gasteiger partial charge >= 0.3 is 0 Å². The van der Waals surface area contributed by atoms with Gasteiger partial charge in [-0.1, -0.05) is 17.7 Å². The molecule has 0 saturated carbocycles. The highest BCUT2D eigenvalue weighted by molar-refractivity contribution is 6.30. The molecule has 1 saturated heterocycles. The minimum atomic E-state index is 0.273. The molecule has 0 aromatic heterocycles. The lowest BCUT2D eigenvalue weighted by molar-refractivity contribution is 0.160. The number of aliphatic hydroxyl groups is 1. The Balaban J connectivity index is 1.90. The predicted molar refractivity (Wildman–Crippen MR) is 76.4 cm³/mol. The maximum Gasteiger partial charge on any atom is 0.0445 e. The van der Waals surface area contributed by atoms with Gasteiger partial charge in [0.05, 0.1) is 0 Å². The molecule has 18 heavy (non-hydrogen) atoms. The third-order valence-corrected chi connectivity index (χ3v) is 3.89. The van der Waals surface area contributed by atoms with Gasteiger partial charge in [-0.05, 0) is 31.5 Å². The van der Waals surface area contributed by atoms with Crippen molar-refractivity contribution in [3.8, 4) is 0 Å². The van der Waals surface area contributed by atoms with Crippen LogP contribution in [0.4, 0.5) is 5.69 Å². The molecule has 0 spiro atoms. The summed E-state index contributed by atoms with van der Waals surface area (Å²) in [7, 11) is 0. The molecule has 4 heteroatoms. The van der Waals surface area contributed by atoms with E-state index in [1.807, 2.05) is 18.2 Å². The monoisotopic (exact) mass is 268 g/mol. The van der Waals surface area contributed by atoms with Crippen LogP contribution in [-0.4, -0.2) is 48.8 Å². The van der Waals surface area contributed by atoms with E-state index in [1.54, 1.807) is 0 Å². The third-order valence-electron chi connectivity index (χ3n) is 3.66. The van der Waals surface area contributed by atoms with E-state index in [9.17, 15) is 0 Å². The SMILES string of the molecule is CC(CCO)N1CCN(c2cccc(Cl)c2)CC1. The molecule has 3 nitrogen and oxygen atoms in total. The van der Waals surface area contributed by atoms with Crippen LogP contribution in [0.3, 0.4) is 0 Å². The molecule has 0 bridgehead atoms. The van der Waals surface area contributed by atoms with Gasteiger partial charge in [-0.15, -0.1) is 0 Å². The minimum absolute atomic E-state index is 0.273. The zero-order chi connectivity index (χ0) is 13.0. The normalized spacial score (nSPS) is 18.9. The van der Waals surface area contributed by atoms with E-state index < -0.39 is 0 Å². The van der Waals surface area contributed by atoms with Crippen LogP contribution >= 0.6 is 11.6 Å². The van der Waals surface area contributed by atoms with Crippen molar-refractivity contribution in [2.75, 3.05) is 37.7 Å². The number of halogens is 1. The van der Waals surface area contributed by atoms with Crippen molar-refractivity contribution >= 4 is 17.3 Å². The zero-order valence-electron chi connectivity index (χ0n) is 10.8. The Kier molecular flexibility index (Phi) is 4.87. The number of anilines is 1. The van der Waals surface area contributed by atoms with E-state index in [-0.39, 0.29) is 6.61 Å². The highest BCUT2D eigenvalue weighted by atomic mass is 35.5. The first-order chi connectivity index (χ1) is 8.70. The molecule has 0 radical (unpaired) electrons. The molecule has 1 atom stereocenters. The Bertz CT molecular complexity index is 378. The lowest BCUT2D eigenvalue weighted by Gasteiger charge is -2.39. The minimum Gasteiger partial charge on any atom is -0.396 e. The number of hydrogen-bond donors (Lipinski definition) is 1. The van der Waals surface area contributed by atoms with Crippen molar-refractivity contribution in [2.24, 2.45) is 0 Å². The average molecular weight is 269 g/mol. The van der Waals surface area contributed by atoms with E-state index in [4.69, 9.17) is 16.7 Å². The van der Waals surface area contributed by atoms with Crippen LogP contribution in [0.15, 0.2) is 24.3 Å². The van der Waals surface area contributed by atoms with Crippen molar-refractivity contribution in [1.82, 2.24) is 4.90 Å². The van der Waals surface area contributed by atoms with Gasteiger partial charge < -0.3 is 10.0 Å². The summed E-state index contributed by atoms with van der Waals surface area (Å²) in [4.78, 5) is 4.81. The Morgan fingerprint density at radius 1 is 1.28 bits per heavy atom. The fourth-order valence-corrected chi connectivity index (χ4v) is 2.65. The van der Waals surface area contributed by atoms with Gasteiger partial charge in [0.2, 0.25) is 0 Å². The highest BCUT2D eigenvalue weighted by Crippen LogP contribution is 2.21. The first-order valence-electron chi connectivity index (χ1n) is 6.56. The van der Waals surface area contributed by atoms with Crippen molar-refractivity contribution in [3.63, 3.8) is 0 Å². The van der Waals surface area contributed by atoms with Gasteiger partial charge in [-0.3, -0.25) is 4.90 Å². The van der Waals surface area contributed by atoms with Gasteiger partial charge in [0.1, 0.15) is 0 Å². The van der Waals surface area contributed by atoms with Crippen LogP contribution in [0.5, 0.6) is 0 Å². The van der Waals surface area contributed by atoms with Gasteiger partial charge in [-0.2, -0.15) is 0 Å². The summed E-state index contributed by atoms with van der Waals surface area (Å²) in [6.07, 6.45) is 0.858. The fourth-order valence-electron chi connectivity index (χ4n) is 2.46. The maximum absolute atomic E-state index is 8.98. The predicted octanol–water partition coefficient (Wildman–Crippen LogP) is 2.23. The van der Waals surface area contributed by atoms with Crippen LogP contribution in [0.2, 0.25) is 5.02 Å². The summed E-state index contributed by atoms with van der Waals surface area (Å²) in [6.45, 7) is 6.61. The average Bonchev–Trinajstić information content (AvgIpc) is 2.39. The molecular formula is C14H21ClN2O. The summed E-state index contributed by atoms with van der Waals surface area (Å²) in [5, 5.41) is 9.77. The number of aliphatic hydroxyl groups excluding tert-OH is 1. The quantitative estimate of drug-likeness (QED) is 0.907. The van der Waals surface area contributed by atoms with Crippen LogP contribution in [0.1, 0.15) is 13.3 Å². The lowest BCUT2D eigenvalue weighted by atomic mass is 10.1. The smallest absolute Gasteiger partial charge is 0.0445 e. The zero-order valence-corrected chi connectivity index (χ0v) is 11.6. The number of piperazine rings is 1. The maximum atomic E-state index is 8.98. The number of benzene rings is 1. The van der Waals surface area contributed by atoms with Crippen LogP contribution in [0.25, 0.3) is 0 Å². The molecular weight excluding hydrogens is 248 g/mol. The topological polar surface area (TPSA) is 26.7 Å². The van der Waals surface area contributed by atoms with Crippen LogP contribution in [-0.2, 0) is 0 Å². The molecule has 1 aliphatic heterocycles. The van der Waals surface area contributed by atoms with E-state index in [0.29, 0.717) is 6.04 Å². The summed E-state index contributed by atoms with van der Waals surface area (Å²) < 4.78 is 0. The molecule has 1 fully saturated rings. The van der Waals surface area contributed by atoms with Gasteiger partial charge in [-0.25, -0.2) is 0 Å². The molecule has 1 aromatic carbocycles. The summed E-state index contributed by atoms with van der Waals surface area (Å²) in [5.41, 5.74) is 1.21. The summed E-state index contributed by atoms with van der Waals surface area (Å²) >= 11 is 6.02. The molecule has 2 rings (SSSR count). The first-order valence-corrected chi connectivity index (χ1v) is 6.94. The Labute approximate surface area is 114 Å². The fraction of sp³-hybridized carbons (Fsp3) is 0.571. The molecule has 1 N–H and O–H groups in total. The van der Waals surface area contributed by atoms with E-state index >= 15 is 0 Å². The Morgan fingerprint density at radius 3 is 2.61 bits per heavy atom. The second-order valence-corrected chi connectivity index (χ2v) is 5.30. The largest absolute Gasteiger partial charge is 0.396 e. The molecule has 0 amide bonds. The van der Waals surface area contributed by atoms with Gasteiger partial charge in [0.25, 0.3) is 0 Å². The molecule has 100 valence electrons. The third kappa shape index (κ3) is 3.37. The standard InChI is InChI=1S/C14H21ClN2O/c1-12(5-10-18)16-6-8-17(9-7-16)14-4-2-3-13(15)11-14/h2-4,11-12,18H,5-10H2,1H3. The van der Waals surface area contributed by atoms with Crippen molar-refractivity contribution in [3.05, 3.63) is 29.3 Å². The summed E-state index contributed by atoms with van der Waals surface area (Å²) in [5.74, 6) is 0. The van der Waals surface area contributed by atoms with E-state index in [1.165, 1.54) is 5.69 Å². The molecule has 1 aromatic rings. The van der Waals surface area contributed by atoms with E-state index in [0.717, 1.165) is 37.6 Å². The molecule has 1 heterocycles. The van der Waals surface area contributed by atoms with Crippen LogP contribution in [0, 0.1) is 0 Å². The second-order valence-electron chi connectivity index (χ2n) is 4.86. The highest BCUT2D eigenvalue weighted by Gasteiger charge is 2.20. The number of nitrogens with zero attached hydrogens (tertiary/aromatic N) is 2. The molecule has 1 aliphatic rings. The Morgan fingerprint density at radius 2 is 2.00 bits per heavy atom. The second kappa shape index (κ2) is 6.41. The van der Waals surface area contributed by atoms with Crippen molar-refractivity contribution < 1.29 is 5.11 Å². The lowest BCUT2D eigenvalue weighted by Crippen LogP contribution is -2.49. The van der Waals surface area contributed by atoms with Crippen molar-refractivity contribution in [2.45, 2.75) is 19.4 Å². The van der Waals surface area contributed by atoms with Crippen LogP contribution < -0.4 is 4.90 Å². The van der Waals surface area contributed by atoms with Gasteiger partial charge in [0, 0.05) is 49.5 Å². The van der Waals surface area contributed by atoms with Crippen molar-refractivity contribution in [1.29, 1.82) is 0 Å². The number of rotatable bonds is 4. The van der Waals surface area contributed by atoms with E-state index in [2.05, 4.69) is 22.8 Å².